The first-order valence-corrected chi connectivity index (χ1v) is 3.09. The van der Waals surface area contributed by atoms with E-state index in [2.05, 4.69) is 0 Å². The quantitative estimate of drug-likeness (QED) is 0.407. The van der Waals surface area contributed by atoms with Gasteiger partial charge in [-0.1, -0.05) is 11.5 Å². The average molecular weight is 154 g/mol. The number of hydrogen-bond donors (Lipinski definition) is 0. The maximum Gasteiger partial charge on any atom is 0.134 e. The zero-order chi connectivity index (χ0) is 8.43. The van der Waals surface area contributed by atoms with Crippen LogP contribution in [0.5, 0.6) is 0 Å². The molecule has 0 fully saturated rings. The molecule has 0 amide bonds. The highest BCUT2D eigenvalue weighted by Crippen LogP contribution is 2.24. The van der Waals surface area contributed by atoms with E-state index in [4.69, 9.17) is 7.85 Å². The van der Waals surface area contributed by atoms with Gasteiger partial charge in [-0.3, -0.25) is 0 Å². The highest BCUT2D eigenvalue weighted by atomic mass is 19.1. The Balaban J connectivity index is 2.90. The Bertz CT molecular complexity index is 235. The van der Waals surface area contributed by atoms with Crippen LogP contribution in [-0.2, 0) is 4.79 Å². The maximum atomic E-state index is 12.7. The standard InChI is InChI=1S/C7H5BF2O/c8-4-1-6(9)5(3-11)7(10)2-4/h1-3,5-6H. The van der Waals surface area contributed by atoms with Crippen molar-refractivity contribution in [3.8, 4) is 0 Å². The molecule has 0 aromatic rings. The molecule has 0 saturated heterocycles. The molecule has 0 bridgehead atoms. The van der Waals surface area contributed by atoms with Gasteiger partial charge in [-0.2, -0.15) is 0 Å². The molecule has 0 saturated carbocycles. The second-order valence-electron chi connectivity index (χ2n) is 2.30. The second-order valence-corrected chi connectivity index (χ2v) is 2.30. The van der Waals surface area contributed by atoms with Crippen LogP contribution in [-0.4, -0.2) is 20.3 Å². The van der Waals surface area contributed by atoms with Gasteiger partial charge < -0.3 is 4.79 Å². The van der Waals surface area contributed by atoms with E-state index in [0.29, 0.717) is 0 Å². The Hall–Kier alpha value is -0.925. The lowest BCUT2D eigenvalue weighted by Crippen LogP contribution is -2.19. The van der Waals surface area contributed by atoms with Crippen molar-refractivity contribution in [2.45, 2.75) is 6.17 Å². The van der Waals surface area contributed by atoms with Crippen LogP contribution < -0.4 is 0 Å². The summed E-state index contributed by atoms with van der Waals surface area (Å²) in [5.74, 6) is -2.12. The molecule has 0 aliphatic heterocycles. The highest BCUT2D eigenvalue weighted by Gasteiger charge is 2.25. The predicted molar refractivity (Wildman–Crippen MR) is 37.5 cm³/mol. The van der Waals surface area contributed by atoms with Crippen molar-refractivity contribution in [1.82, 2.24) is 0 Å². The number of halogens is 2. The number of carbonyl (C=O) groups is 1. The van der Waals surface area contributed by atoms with Crippen LogP contribution in [0.15, 0.2) is 23.5 Å². The largest absolute Gasteiger partial charge is 0.302 e. The molecule has 1 rings (SSSR count). The third kappa shape index (κ3) is 1.56. The van der Waals surface area contributed by atoms with Crippen LogP contribution in [0.2, 0.25) is 0 Å². The van der Waals surface area contributed by atoms with Crippen molar-refractivity contribution in [3.05, 3.63) is 23.5 Å². The minimum atomic E-state index is -1.63. The molecular formula is C7H5BF2O. The summed E-state index contributed by atoms with van der Waals surface area (Å²) in [6.07, 6.45) is 0.578. The normalized spacial score (nSPS) is 30.7. The topological polar surface area (TPSA) is 17.1 Å². The first kappa shape index (κ1) is 8.17. The second kappa shape index (κ2) is 2.99. The van der Waals surface area contributed by atoms with E-state index in [1.807, 2.05) is 0 Å². The molecule has 11 heavy (non-hydrogen) atoms. The summed E-state index contributed by atoms with van der Waals surface area (Å²) < 4.78 is 25.3. The van der Waals surface area contributed by atoms with Crippen molar-refractivity contribution < 1.29 is 13.6 Å². The van der Waals surface area contributed by atoms with Crippen molar-refractivity contribution >= 4 is 14.1 Å². The number of allylic oxidation sites excluding steroid dienone is 4. The van der Waals surface area contributed by atoms with E-state index in [1.54, 1.807) is 0 Å². The fourth-order valence-electron chi connectivity index (χ4n) is 0.883. The zero-order valence-electron chi connectivity index (χ0n) is 5.63. The molecule has 2 atom stereocenters. The molecule has 56 valence electrons. The van der Waals surface area contributed by atoms with Crippen LogP contribution in [0.25, 0.3) is 0 Å². The fourth-order valence-corrected chi connectivity index (χ4v) is 0.883. The molecule has 0 aromatic carbocycles. The highest BCUT2D eigenvalue weighted by molar-refractivity contribution is 6.23. The lowest BCUT2D eigenvalue weighted by atomic mass is 9.85. The van der Waals surface area contributed by atoms with Crippen molar-refractivity contribution in [2.24, 2.45) is 5.92 Å². The lowest BCUT2D eigenvalue weighted by Gasteiger charge is -2.15. The van der Waals surface area contributed by atoms with Crippen molar-refractivity contribution in [1.29, 1.82) is 0 Å². The molecular weight excluding hydrogens is 149 g/mol. The molecule has 1 nitrogen and oxygen atoms in total. The number of alkyl halides is 1. The first-order chi connectivity index (χ1) is 5.15. The van der Waals surface area contributed by atoms with Gasteiger partial charge in [0.1, 0.15) is 32.0 Å². The van der Waals surface area contributed by atoms with E-state index in [9.17, 15) is 13.6 Å². The van der Waals surface area contributed by atoms with Crippen LogP contribution >= 0.6 is 0 Å². The summed E-state index contributed by atoms with van der Waals surface area (Å²) >= 11 is 0. The molecule has 0 heterocycles. The van der Waals surface area contributed by atoms with Gasteiger partial charge in [0.2, 0.25) is 0 Å². The lowest BCUT2D eigenvalue weighted by molar-refractivity contribution is -0.111. The smallest absolute Gasteiger partial charge is 0.134 e. The Labute approximate surface area is 64.2 Å². The molecule has 4 heteroatoms. The average Bonchev–Trinajstić information content (AvgIpc) is 1.85. The van der Waals surface area contributed by atoms with Gasteiger partial charge in [0, 0.05) is 0 Å². The predicted octanol–water partition coefficient (Wildman–Crippen LogP) is 1.06. The van der Waals surface area contributed by atoms with E-state index in [0.717, 1.165) is 12.2 Å². The Morgan fingerprint density at radius 2 is 2.27 bits per heavy atom. The van der Waals surface area contributed by atoms with Crippen molar-refractivity contribution in [3.63, 3.8) is 0 Å². The summed E-state index contributed by atoms with van der Waals surface area (Å²) in [7, 11) is 5.12. The SMILES string of the molecule is [B]C1=CC(F)C(C=O)C(F)=C1. The van der Waals surface area contributed by atoms with Gasteiger partial charge in [0.05, 0.1) is 0 Å². The third-order valence-corrected chi connectivity index (χ3v) is 1.46. The van der Waals surface area contributed by atoms with Crippen LogP contribution in [0.4, 0.5) is 8.78 Å². The fraction of sp³-hybridized carbons (Fsp3) is 0.286. The van der Waals surface area contributed by atoms with Gasteiger partial charge in [0.25, 0.3) is 0 Å². The number of aldehydes is 1. The van der Waals surface area contributed by atoms with Crippen molar-refractivity contribution in [2.75, 3.05) is 0 Å². The minimum Gasteiger partial charge on any atom is -0.302 e. The zero-order valence-corrected chi connectivity index (χ0v) is 5.63. The summed E-state index contributed by atoms with van der Waals surface area (Å²) in [6, 6.07) is 0. The molecule has 1 aliphatic carbocycles. The Kier molecular flexibility index (Phi) is 2.22. The molecule has 0 N–H and O–H groups in total. The molecule has 1 aliphatic rings. The van der Waals surface area contributed by atoms with Gasteiger partial charge in [-0.25, -0.2) is 8.78 Å². The van der Waals surface area contributed by atoms with E-state index < -0.39 is 17.9 Å². The van der Waals surface area contributed by atoms with Gasteiger partial charge >= 0.3 is 0 Å². The van der Waals surface area contributed by atoms with E-state index in [-0.39, 0.29) is 11.8 Å². The minimum absolute atomic E-state index is 0.0214. The Morgan fingerprint density at radius 1 is 1.64 bits per heavy atom. The van der Waals surface area contributed by atoms with Gasteiger partial charge in [0.15, 0.2) is 0 Å². The van der Waals surface area contributed by atoms with E-state index >= 15 is 0 Å². The van der Waals surface area contributed by atoms with E-state index in [1.165, 1.54) is 0 Å². The molecule has 0 aromatic heterocycles. The molecule has 0 spiro atoms. The molecule has 2 unspecified atom stereocenters. The maximum absolute atomic E-state index is 12.7. The summed E-state index contributed by atoms with van der Waals surface area (Å²) in [4.78, 5) is 10.1. The number of carbonyl (C=O) groups excluding carboxylic acids is 1. The van der Waals surface area contributed by atoms with Gasteiger partial charge in [-0.05, 0) is 6.08 Å². The van der Waals surface area contributed by atoms with Crippen LogP contribution in [0.1, 0.15) is 0 Å². The van der Waals surface area contributed by atoms with Gasteiger partial charge in [-0.15, -0.1) is 0 Å². The number of hydrogen-bond acceptors (Lipinski definition) is 1. The monoisotopic (exact) mass is 154 g/mol. The Morgan fingerprint density at radius 3 is 2.73 bits per heavy atom. The first-order valence-electron chi connectivity index (χ1n) is 3.09. The summed E-state index contributed by atoms with van der Waals surface area (Å²) in [5.41, 5.74) is 0.0214. The summed E-state index contributed by atoms with van der Waals surface area (Å²) in [5, 5.41) is 0. The third-order valence-electron chi connectivity index (χ3n) is 1.46. The van der Waals surface area contributed by atoms with Crippen LogP contribution in [0, 0.1) is 5.92 Å². The molecule has 2 radical (unpaired) electrons. The number of rotatable bonds is 1. The summed E-state index contributed by atoms with van der Waals surface area (Å²) in [6.45, 7) is 0. The van der Waals surface area contributed by atoms with Crippen LogP contribution in [0.3, 0.4) is 0 Å².